The highest BCUT2D eigenvalue weighted by molar-refractivity contribution is 5.84. The van der Waals surface area contributed by atoms with Crippen molar-refractivity contribution in [2.24, 2.45) is 5.92 Å². The first-order chi connectivity index (χ1) is 14.2. The van der Waals surface area contributed by atoms with Crippen LogP contribution in [0.4, 0.5) is 0 Å². The van der Waals surface area contributed by atoms with Crippen molar-refractivity contribution in [3.05, 3.63) is 54.4 Å². The van der Waals surface area contributed by atoms with Gasteiger partial charge in [0.1, 0.15) is 0 Å². The molecule has 0 aliphatic carbocycles. The summed E-state index contributed by atoms with van der Waals surface area (Å²) in [5, 5.41) is 10.7. The fourth-order valence-corrected chi connectivity index (χ4v) is 4.36. The minimum Gasteiger partial charge on any atom is -0.354 e. The Morgan fingerprint density at radius 2 is 2.03 bits per heavy atom. The van der Waals surface area contributed by atoms with Gasteiger partial charge in [0, 0.05) is 32.0 Å². The third-order valence-electron chi connectivity index (χ3n) is 5.91. The second kappa shape index (κ2) is 9.22. The number of amides is 2. The van der Waals surface area contributed by atoms with Crippen LogP contribution in [-0.2, 0) is 9.59 Å². The van der Waals surface area contributed by atoms with Crippen molar-refractivity contribution in [1.29, 1.82) is 0 Å². The van der Waals surface area contributed by atoms with Crippen LogP contribution in [0.25, 0.3) is 0 Å². The Hall–Kier alpha value is -2.67. The van der Waals surface area contributed by atoms with Gasteiger partial charge in [-0.15, -0.1) is 0 Å². The SMILES string of the molecule is O=C(NCC1CCCN(C(=O)C(c2ccccc2)n2cccn2)C1)C1CCCN1. The number of nitrogens with zero attached hydrogens (tertiary/aromatic N) is 3. The first kappa shape index (κ1) is 19.6. The molecule has 29 heavy (non-hydrogen) atoms. The number of benzene rings is 1. The smallest absolute Gasteiger partial charge is 0.252 e. The van der Waals surface area contributed by atoms with Gasteiger partial charge in [-0.3, -0.25) is 14.3 Å². The van der Waals surface area contributed by atoms with E-state index >= 15 is 0 Å². The molecule has 3 heterocycles. The Labute approximate surface area is 171 Å². The lowest BCUT2D eigenvalue weighted by Crippen LogP contribution is -2.48. The summed E-state index contributed by atoms with van der Waals surface area (Å²) in [6, 6.07) is 11.1. The molecule has 2 amide bonds. The van der Waals surface area contributed by atoms with Crippen LogP contribution >= 0.6 is 0 Å². The first-order valence-corrected chi connectivity index (χ1v) is 10.6. The molecule has 1 aromatic carbocycles. The monoisotopic (exact) mass is 395 g/mol. The predicted molar refractivity (Wildman–Crippen MR) is 110 cm³/mol. The van der Waals surface area contributed by atoms with Gasteiger partial charge in [0.2, 0.25) is 5.91 Å². The van der Waals surface area contributed by atoms with Crippen molar-refractivity contribution in [1.82, 2.24) is 25.3 Å². The quantitative estimate of drug-likeness (QED) is 0.778. The maximum absolute atomic E-state index is 13.5. The molecule has 154 valence electrons. The molecular formula is C22H29N5O2. The molecule has 0 spiro atoms. The summed E-state index contributed by atoms with van der Waals surface area (Å²) in [4.78, 5) is 27.7. The van der Waals surface area contributed by atoms with E-state index in [0.717, 1.165) is 44.3 Å². The third-order valence-corrected chi connectivity index (χ3v) is 5.91. The highest BCUT2D eigenvalue weighted by Gasteiger charge is 2.32. The molecule has 0 radical (unpaired) electrons. The van der Waals surface area contributed by atoms with Crippen molar-refractivity contribution in [3.8, 4) is 0 Å². The summed E-state index contributed by atoms with van der Waals surface area (Å²) >= 11 is 0. The molecule has 7 heteroatoms. The van der Waals surface area contributed by atoms with Gasteiger partial charge in [-0.05, 0) is 49.8 Å². The average Bonchev–Trinajstić information content (AvgIpc) is 3.48. The molecule has 2 aliphatic heterocycles. The highest BCUT2D eigenvalue weighted by Crippen LogP contribution is 2.24. The standard InChI is InChI=1S/C22H29N5O2/c28-21(19-10-4-11-23-19)24-15-17-7-5-13-26(16-17)22(29)20(27-14-6-12-25-27)18-8-2-1-3-9-18/h1-3,6,8-9,12,14,17,19-20,23H,4-5,7,10-11,13,15-16H2,(H,24,28). The van der Waals surface area contributed by atoms with E-state index in [-0.39, 0.29) is 23.8 Å². The normalized spacial score (nSPS) is 23.0. The summed E-state index contributed by atoms with van der Waals surface area (Å²) in [6.45, 7) is 2.95. The molecule has 1 aromatic heterocycles. The van der Waals surface area contributed by atoms with Crippen molar-refractivity contribution < 1.29 is 9.59 Å². The van der Waals surface area contributed by atoms with Gasteiger partial charge in [-0.1, -0.05) is 30.3 Å². The van der Waals surface area contributed by atoms with Crippen LogP contribution in [0.1, 0.15) is 37.3 Å². The van der Waals surface area contributed by atoms with E-state index in [1.165, 1.54) is 0 Å². The number of hydrogen-bond acceptors (Lipinski definition) is 4. The minimum atomic E-state index is -0.456. The van der Waals surface area contributed by atoms with E-state index < -0.39 is 6.04 Å². The molecule has 4 rings (SSSR count). The van der Waals surface area contributed by atoms with E-state index in [1.807, 2.05) is 47.5 Å². The van der Waals surface area contributed by atoms with Crippen molar-refractivity contribution in [2.75, 3.05) is 26.2 Å². The van der Waals surface area contributed by atoms with Crippen molar-refractivity contribution >= 4 is 11.8 Å². The second-order valence-corrected chi connectivity index (χ2v) is 7.99. The zero-order valence-corrected chi connectivity index (χ0v) is 16.7. The number of likely N-dealkylation sites (tertiary alicyclic amines) is 1. The topological polar surface area (TPSA) is 79.3 Å². The Kier molecular flexibility index (Phi) is 6.24. The zero-order valence-electron chi connectivity index (χ0n) is 16.7. The van der Waals surface area contributed by atoms with Gasteiger partial charge in [-0.25, -0.2) is 0 Å². The highest BCUT2D eigenvalue weighted by atomic mass is 16.2. The van der Waals surface area contributed by atoms with Gasteiger partial charge in [-0.2, -0.15) is 5.10 Å². The predicted octanol–water partition coefficient (Wildman–Crippen LogP) is 1.58. The number of carbonyl (C=O) groups excluding carboxylic acids is 2. The Morgan fingerprint density at radius 3 is 2.76 bits per heavy atom. The summed E-state index contributed by atoms with van der Waals surface area (Å²) in [6.07, 6.45) is 7.48. The van der Waals surface area contributed by atoms with Gasteiger partial charge < -0.3 is 15.5 Å². The lowest BCUT2D eigenvalue weighted by Gasteiger charge is -2.35. The molecule has 2 saturated heterocycles. The fourth-order valence-electron chi connectivity index (χ4n) is 4.36. The molecule has 2 aromatic rings. The number of aromatic nitrogens is 2. The summed E-state index contributed by atoms with van der Waals surface area (Å²) in [5.41, 5.74) is 0.934. The van der Waals surface area contributed by atoms with E-state index in [1.54, 1.807) is 10.9 Å². The van der Waals surface area contributed by atoms with E-state index in [9.17, 15) is 9.59 Å². The number of piperidine rings is 1. The van der Waals surface area contributed by atoms with Gasteiger partial charge in [0.05, 0.1) is 6.04 Å². The third kappa shape index (κ3) is 4.67. The molecule has 2 N–H and O–H groups in total. The maximum atomic E-state index is 13.5. The Morgan fingerprint density at radius 1 is 1.17 bits per heavy atom. The lowest BCUT2D eigenvalue weighted by molar-refractivity contribution is -0.135. The summed E-state index contributed by atoms with van der Waals surface area (Å²) in [7, 11) is 0. The fraction of sp³-hybridized carbons (Fsp3) is 0.500. The molecule has 7 nitrogen and oxygen atoms in total. The Balaban J connectivity index is 1.41. The summed E-state index contributed by atoms with van der Waals surface area (Å²) in [5.74, 6) is 0.435. The molecule has 0 bridgehead atoms. The van der Waals surface area contributed by atoms with E-state index in [2.05, 4.69) is 15.7 Å². The van der Waals surface area contributed by atoms with E-state index in [4.69, 9.17) is 0 Å². The largest absolute Gasteiger partial charge is 0.354 e. The number of rotatable bonds is 6. The number of nitrogens with one attached hydrogen (secondary N) is 2. The minimum absolute atomic E-state index is 0.0569. The number of hydrogen-bond donors (Lipinski definition) is 2. The van der Waals surface area contributed by atoms with Gasteiger partial charge >= 0.3 is 0 Å². The van der Waals surface area contributed by atoms with Crippen molar-refractivity contribution in [3.63, 3.8) is 0 Å². The second-order valence-electron chi connectivity index (χ2n) is 7.99. The number of carbonyl (C=O) groups is 2. The van der Waals surface area contributed by atoms with Crippen LogP contribution in [-0.4, -0.2) is 58.7 Å². The molecule has 3 atom stereocenters. The Bertz CT molecular complexity index is 802. The van der Waals surface area contributed by atoms with Gasteiger partial charge in [0.15, 0.2) is 6.04 Å². The van der Waals surface area contributed by atoms with Crippen LogP contribution in [0.5, 0.6) is 0 Å². The molecule has 2 fully saturated rings. The van der Waals surface area contributed by atoms with Crippen LogP contribution in [0.3, 0.4) is 0 Å². The van der Waals surface area contributed by atoms with Crippen LogP contribution in [0, 0.1) is 5.92 Å². The average molecular weight is 396 g/mol. The lowest BCUT2D eigenvalue weighted by atomic mass is 9.96. The van der Waals surface area contributed by atoms with Gasteiger partial charge in [0.25, 0.3) is 5.91 Å². The molecule has 2 aliphatic rings. The van der Waals surface area contributed by atoms with E-state index in [0.29, 0.717) is 13.1 Å². The van der Waals surface area contributed by atoms with Crippen molar-refractivity contribution in [2.45, 2.75) is 37.8 Å². The summed E-state index contributed by atoms with van der Waals surface area (Å²) < 4.78 is 1.73. The molecular weight excluding hydrogens is 366 g/mol. The maximum Gasteiger partial charge on any atom is 0.252 e. The molecule has 0 saturated carbocycles. The zero-order chi connectivity index (χ0) is 20.1. The van der Waals surface area contributed by atoms with Crippen LogP contribution in [0.15, 0.2) is 48.8 Å². The first-order valence-electron chi connectivity index (χ1n) is 10.6. The van der Waals surface area contributed by atoms with Crippen LogP contribution in [0.2, 0.25) is 0 Å². The van der Waals surface area contributed by atoms with Crippen LogP contribution < -0.4 is 10.6 Å². The molecule has 3 unspecified atom stereocenters.